The van der Waals surface area contributed by atoms with Crippen LogP contribution in [0.25, 0.3) is 0 Å². The molecule has 1 unspecified atom stereocenters. The second-order valence-corrected chi connectivity index (χ2v) is 5.60. The number of nitrogens with zero attached hydrogens (tertiary/aromatic N) is 2. The number of aliphatic imine (C=N–C) groups is 1. The lowest BCUT2D eigenvalue weighted by molar-refractivity contribution is 0.237. The molecule has 0 amide bonds. The maximum Gasteiger partial charge on any atom is 0.191 e. The summed E-state index contributed by atoms with van der Waals surface area (Å²) >= 11 is 0. The van der Waals surface area contributed by atoms with Gasteiger partial charge in [0.25, 0.3) is 0 Å². The normalized spacial score (nSPS) is 12.7. The Kier molecular flexibility index (Phi) is 12.9. The first-order valence-corrected chi connectivity index (χ1v) is 8.61. The Morgan fingerprint density at radius 3 is 2.50 bits per heavy atom. The van der Waals surface area contributed by atoms with Crippen molar-refractivity contribution in [2.24, 2.45) is 4.99 Å². The minimum atomic E-state index is -0.184. The van der Waals surface area contributed by atoms with Crippen molar-refractivity contribution in [3.05, 3.63) is 35.6 Å². The van der Waals surface area contributed by atoms with Gasteiger partial charge in [-0.15, -0.1) is 24.0 Å². The van der Waals surface area contributed by atoms with Crippen LogP contribution in [0.1, 0.15) is 33.3 Å². The Hall–Kier alpha value is -0.890. The molecule has 1 aromatic rings. The van der Waals surface area contributed by atoms with Crippen LogP contribution in [-0.4, -0.2) is 49.6 Å². The molecule has 0 saturated carbocycles. The topological polar surface area (TPSA) is 39.7 Å². The lowest BCUT2D eigenvalue weighted by Crippen LogP contribution is -2.40. The standard InChI is InChI=1S/C18H31FN4.HI/c1-5-20-18(22-14-15(4)23(6-2)7-3)21-12-11-16-9-8-10-17(19)13-16;/h8-10,13,15H,5-7,11-12,14H2,1-4H3,(H2,20,21,22);1H. The molecular weight excluding hydrogens is 418 g/mol. The van der Waals surface area contributed by atoms with Gasteiger partial charge in [0.1, 0.15) is 5.82 Å². The summed E-state index contributed by atoms with van der Waals surface area (Å²) in [5.41, 5.74) is 0.991. The van der Waals surface area contributed by atoms with E-state index in [1.165, 1.54) is 6.07 Å². The highest BCUT2D eigenvalue weighted by atomic mass is 127. The van der Waals surface area contributed by atoms with Crippen LogP contribution >= 0.6 is 24.0 Å². The number of guanidine groups is 1. The van der Waals surface area contributed by atoms with E-state index in [9.17, 15) is 4.39 Å². The monoisotopic (exact) mass is 450 g/mol. The van der Waals surface area contributed by atoms with Gasteiger partial charge in [0, 0.05) is 19.1 Å². The van der Waals surface area contributed by atoms with Crippen molar-refractivity contribution in [3.63, 3.8) is 0 Å². The minimum absolute atomic E-state index is 0. The fourth-order valence-electron chi connectivity index (χ4n) is 2.55. The summed E-state index contributed by atoms with van der Waals surface area (Å²) in [6, 6.07) is 7.15. The lowest BCUT2D eigenvalue weighted by Gasteiger charge is -2.25. The Bertz CT molecular complexity index is 478. The van der Waals surface area contributed by atoms with Gasteiger partial charge < -0.3 is 10.6 Å². The zero-order chi connectivity index (χ0) is 17.1. The van der Waals surface area contributed by atoms with Gasteiger partial charge in [-0.3, -0.25) is 9.89 Å². The summed E-state index contributed by atoms with van der Waals surface area (Å²) < 4.78 is 13.2. The first-order valence-electron chi connectivity index (χ1n) is 8.61. The second kappa shape index (κ2) is 13.4. The van der Waals surface area contributed by atoms with Crippen LogP contribution < -0.4 is 10.6 Å². The van der Waals surface area contributed by atoms with Gasteiger partial charge in [0.15, 0.2) is 5.96 Å². The molecule has 1 aromatic carbocycles. The fraction of sp³-hybridized carbons (Fsp3) is 0.611. The molecule has 0 saturated heterocycles. The molecule has 4 nitrogen and oxygen atoms in total. The van der Waals surface area contributed by atoms with Crippen LogP contribution in [0.2, 0.25) is 0 Å². The second-order valence-electron chi connectivity index (χ2n) is 5.60. The molecule has 0 aromatic heterocycles. The SMILES string of the molecule is CCNC(=NCC(C)N(CC)CC)NCCc1cccc(F)c1.I. The number of halogens is 2. The van der Waals surface area contributed by atoms with Gasteiger partial charge in [0.2, 0.25) is 0 Å². The van der Waals surface area contributed by atoms with E-state index in [1.807, 2.05) is 6.07 Å². The van der Waals surface area contributed by atoms with E-state index in [4.69, 9.17) is 0 Å². The van der Waals surface area contributed by atoms with Crippen LogP contribution in [0, 0.1) is 5.82 Å². The lowest BCUT2D eigenvalue weighted by atomic mass is 10.1. The highest BCUT2D eigenvalue weighted by Crippen LogP contribution is 2.03. The molecule has 138 valence electrons. The van der Waals surface area contributed by atoms with E-state index < -0.39 is 0 Å². The Morgan fingerprint density at radius 1 is 1.21 bits per heavy atom. The maximum absolute atomic E-state index is 13.2. The summed E-state index contributed by atoms with van der Waals surface area (Å²) in [6.07, 6.45) is 0.772. The van der Waals surface area contributed by atoms with E-state index in [2.05, 4.69) is 48.2 Å². The summed E-state index contributed by atoms with van der Waals surface area (Å²) in [5, 5.41) is 6.57. The van der Waals surface area contributed by atoms with Crippen LogP contribution in [0.4, 0.5) is 4.39 Å². The van der Waals surface area contributed by atoms with Crippen LogP contribution in [0.5, 0.6) is 0 Å². The van der Waals surface area contributed by atoms with Crippen molar-refractivity contribution in [1.82, 2.24) is 15.5 Å². The summed E-state index contributed by atoms with van der Waals surface area (Å²) in [7, 11) is 0. The third-order valence-electron chi connectivity index (χ3n) is 3.89. The van der Waals surface area contributed by atoms with Crippen molar-refractivity contribution >= 4 is 29.9 Å². The smallest absolute Gasteiger partial charge is 0.191 e. The first-order chi connectivity index (χ1) is 11.1. The predicted octanol–water partition coefficient (Wildman–Crippen LogP) is 3.27. The molecule has 24 heavy (non-hydrogen) atoms. The summed E-state index contributed by atoms with van der Waals surface area (Å²) in [5.74, 6) is 0.638. The van der Waals surface area contributed by atoms with E-state index in [-0.39, 0.29) is 29.8 Å². The van der Waals surface area contributed by atoms with E-state index in [1.54, 1.807) is 12.1 Å². The molecule has 0 aliphatic rings. The molecule has 0 bridgehead atoms. The van der Waals surface area contributed by atoms with Gasteiger partial charge >= 0.3 is 0 Å². The molecule has 1 rings (SSSR count). The van der Waals surface area contributed by atoms with Crippen molar-refractivity contribution in [1.29, 1.82) is 0 Å². The van der Waals surface area contributed by atoms with E-state index >= 15 is 0 Å². The quantitative estimate of drug-likeness (QED) is 0.345. The summed E-state index contributed by atoms with van der Waals surface area (Å²) in [4.78, 5) is 7.05. The largest absolute Gasteiger partial charge is 0.357 e. The van der Waals surface area contributed by atoms with Crippen molar-refractivity contribution in [2.75, 3.05) is 32.7 Å². The molecular formula is C18H32FIN4. The maximum atomic E-state index is 13.2. The number of hydrogen-bond donors (Lipinski definition) is 2. The van der Waals surface area contributed by atoms with Gasteiger partial charge in [-0.1, -0.05) is 26.0 Å². The van der Waals surface area contributed by atoms with Crippen molar-refractivity contribution in [2.45, 2.75) is 40.2 Å². The number of nitrogens with one attached hydrogen (secondary N) is 2. The minimum Gasteiger partial charge on any atom is -0.357 e. The number of benzene rings is 1. The number of likely N-dealkylation sites (N-methyl/N-ethyl adjacent to an activating group) is 1. The zero-order valence-corrected chi connectivity index (χ0v) is 17.6. The van der Waals surface area contributed by atoms with Gasteiger partial charge in [-0.25, -0.2) is 4.39 Å². The highest BCUT2D eigenvalue weighted by Gasteiger charge is 2.09. The fourth-order valence-corrected chi connectivity index (χ4v) is 2.55. The Morgan fingerprint density at radius 2 is 1.92 bits per heavy atom. The summed E-state index contributed by atoms with van der Waals surface area (Å²) in [6.45, 7) is 13.0. The number of hydrogen-bond acceptors (Lipinski definition) is 2. The predicted molar refractivity (Wildman–Crippen MR) is 112 cm³/mol. The zero-order valence-electron chi connectivity index (χ0n) is 15.3. The third-order valence-corrected chi connectivity index (χ3v) is 3.89. The van der Waals surface area contributed by atoms with Crippen molar-refractivity contribution < 1.29 is 4.39 Å². The van der Waals surface area contributed by atoms with Crippen molar-refractivity contribution in [3.8, 4) is 0 Å². The van der Waals surface area contributed by atoms with Gasteiger partial charge in [0.05, 0.1) is 6.54 Å². The van der Waals surface area contributed by atoms with Gasteiger partial charge in [-0.2, -0.15) is 0 Å². The first kappa shape index (κ1) is 23.1. The molecule has 0 heterocycles. The molecule has 0 radical (unpaired) electrons. The molecule has 1 atom stereocenters. The van der Waals surface area contributed by atoms with E-state index in [0.29, 0.717) is 6.04 Å². The van der Waals surface area contributed by atoms with Crippen LogP contribution in [0.15, 0.2) is 29.3 Å². The molecule has 0 aliphatic heterocycles. The Balaban J connectivity index is 0.00000529. The van der Waals surface area contributed by atoms with E-state index in [0.717, 1.165) is 50.7 Å². The number of rotatable bonds is 9. The molecule has 0 fully saturated rings. The third kappa shape index (κ3) is 8.82. The Labute approximate surface area is 163 Å². The average molecular weight is 450 g/mol. The van der Waals surface area contributed by atoms with Crippen LogP contribution in [-0.2, 0) is 6.42 Å². The van der Waals surface area contributed by atoms with Crippen LogP contribution in [0.3, 0.4) is 0 Å². The molecule has 2 N–H and O–H groups in total. The molecule has 0 aliphatic carbocycles. The van der Waals surface area contributed by atoms with Gasteiger partial charge in [-0.05, 0) is 51.1 Å². The average Bonchev–Trinajstić information content (AvgIpc) is 2.54. The highest BCUT2D eigenvalue weighted by molar-refractivity contribution is 14.0. The molecule has 0 spiro atoms. The molecule has 6 heteroatoms.